The van der Waals surface area contributed by atoms with Crippen molar-refractivity contribution in [2.24, 2.45) is 0 Å². The molecule has 19 heavy (non-hydrogen) atoms. The highest BCUT2D eigenvalue weighted by molar-refractivity contribution is 5.66. The second-order valence-electron chi connectivity index (χ2n) is 5.38. The van der Waals surface area contributed by atoms with E-state index in [1.807, 2.05) is 6.07 Å². The Morgan fingerprint density at radius 3 is 2.95 bits per heavy atom. The fourth-order valence-corrected chi connectivity index (χ4v) is 3.11. The molecular formula is C15H23N3O. The molecule has 1 aromatic carbocycles. The average Bonchev–Trinajstić information content (AvgIpc) is 2.89. The molecule has 1 saturated heterocycles. The van der Waals surface area contributed by atoms with Crippen LogP contribution in [0.25, 0.3) is 0 Å². The van der Waals surface area contributed by atoms with Crippen LogP contribution in [0.2, 0.25) is 0 Å². The molecule has 3 rings (SSSR count). The summed E-state index contributed by atoms with van der Waals surface area (Å²) in [6, 6.07) is 6.37. The minimum atomic E-state index is 0.625. The van der Waals surface area contributed by atoms with E-state index in [4.69, 9.17) is 4.74 Å². The van der Waals surface area contributed by atoms with Crippen LogP contribution in [-0.4, -0.2) is 51.3 Å². The van der Waals surface area contributed by atoms with Crippen molar-refractivity contribution in [2.45, 2.75) is 12.3 Å². The molecule has 0 amide bonds. The van der Waals surface area contributed by atoms with Crippen LogP contribution in [0.5, 0.6) is 5.75 Å². The predicted octanol–water partition coefficient (Wildman–Crippen LogP) is 1.50. The van der Waals surface area contributed by atoms with E-state index < -0.39 is 0 Å². The Morgan fingerprint density at radius 1 is 1.32 bits per heavy atom. The standard InChI is InChI=1S/C15H23N3O/c1-19-14-4-2-3-13-12(11-17-15(13)14)5-8-18-9-6-16-7-10-18/h2-4,12,16-17H,5-11H2,1H3. The first-order valence-corrected chi connectivity index (χ1v) is 7.22. The molecule has 2 N–H and O–H groups in total. The van der Waals surface area contributed by atoms with Crippen LogP contribution < -0.4 is 15.4 Å². The van der Waals surface area contributed by atoms with Crippen LogP contribution in [0.15, 0.2) is 18.2 Å². The van der Waals surface area contributed by atoms with Crippen molar-refractivity contribution in [1.29, 1.82) is 0 Å². The third-order valence-corrected chi connectivity index (χ3v) is 4.25. The van der Waals surface area contributed by atoms with Crippen molar-refractivity contribution in [1.82, 2.24) is 10.2 Å². The van der Waals surface area contributed by atoms with Gasteiger partial charge in [0, 0.05) is 38.6 Å². The molecule has 1 aromatic rings. The summed E-state index contributed by atoms with van der Waals surface area (Å²) in [5.74, 6) is 1.60. The summed E-state index contributed by atoms with van der Waals surface area (Å²) in [5.41, 5.74) is 2.63. The summed E-state index contributed by atoms with van der Waals surface area (Å²) in [5, 5.41) is 6.90. The van der Waals surface area contributed by atoms with E-state index in [0.717, 1.165) is 25.4 Å². The molecule has 0 spiro atoms. The molecule has 2 aliphatic heterocycles. The minimum Gasteiger partial charge on any atom is -0.495 e. The lowest BCUT2D eigenvalue weighted by atomic mass is 9.97. The van der Waals surface area contributed by atoms with Gasteiger partial charge < -0.3 is 20.3 Å². The molecule has 4 heteroatoms. The Bertz CT molecular complexity index is 429. The molecule has 0 saturated carbocycles. The van der Waals surface area contributed by atoms with Gasteiger partial charge in [-0.1, -0.05) is 12.1 Å². The number of fused-ring (bicyclic) bond motifs is 1. The molecule has 1 fully saturated rings. The third-order valence-electron chi connectivity index (χ3n) is 4.25. The van der Waals surface area contributed by atoms with Crippen LogP contribution in [0.1, 0.15) is 17.9 Å². The fraction of sp³-hybridized carbons (Fsp3) is 0.600. The molecule has 104 valence electrons. The maximum absolute atomic E-state index is 5.42. The van der Waals surface area contributed by atoms with Gasteiger partial charge in [-0.15, -0.1) is 0 Å². The molecule has 0 bridgehead atoms. The number of hydrogen-bond acceptors (Lipinski definition) is 4. The molecule has 2 heterocycles. The van der Waals surface area contributed by atoms with Crippen LogP contribution in [0.4, 0.5) is 5.69 Å². The van der Waals surface area contributed by atoms with E-state index in [0.29, 0.717) is 5.92 Å². The number of rotatable bonds is 4. The van der Waals surface area contributed by atoms with E-state index in [1.54, 1.807) is 7.11 Å². The number of methoxy groups -OCH3 is 1. The number of nitrogens with one attached hydrogen (secondary N) is 2. The van der Waals surface area contributed by atoms with Gasteiger partial charge in [-0.25, -0.2) is 0 Å². The normalized spacial score (nSPS) is 22.9. The highest BCUT2D eigenvalue weighted by Crippen LogP contribution is 2.39. The van der Waals surface area contributed by atoms with Crippen LogP contribution >= 0.6 is 0 Å². The van der Waals surface area contributed by atoms with Gasteiger partial charge in [0.25, 0.3) is 0 Å². The van der Waals surface area contributed by atoms with Crippen molar-refractivity contribution < 1.29 is 4.74 Å². The second-order valence-corrected chi connectivity index (χ2v) is 5.38. The molecular weight excluding hydrogens is 238 g/mol. The van der Waals surface area contributed by atoms with Crippen molar-refractivity contribution in [2.75, 3.05) is 51.7 Å². The number of hydrogen-bond donors (Lipinski definition) is 2. The van der Waals surface area contributed by atoms with Gasteiger partial charge in [-0.3, -0.25) is 0 Å². The zero-order valence-electron chi connectivity index (χ0n) is 11.6. The summed E-state index contributed by atoms with van der Waals surface area (Å²) in [6.45, 7) is 6.88. The molecule has 2 aliphatic rings. The van der Waals surface area contributed by atoms with Gasteiger partial charge in [-0.2, -0.15) is 0 Å². The second kappa shape index (κ2) is 5.80. The van der Waals surface area contributed by atoms with Crippen molar-refractivity contribution >= 4 is 5.69 Å². The van der Waals surface area contributed by atoms with Crippen molar-refractivity contribution in [3.05, 3.63) is 23.8 Å². The topological polar surface area (TPSA) is 36.5 Å². The van der Waals surface area contributed by atoms with Gasteiger partial charge in [0.05, 0.1) is 12.8 Å². The first-order valence-electron chi connectivity index (χ1n) is 7.22. The molecule has 1 unspecified atom stereocenters. The maximum atomic E-state index is 5.42. The quantitative estimate of drug-likeness (QED) is 0.861. The summed E-state index contributed by atoms with van der Waals surface area (Å²) in [6.07, 6.45) is 1.23. The smallest absolute Gasteiger partial charge is 0.142 e. The lowest BCUT2D eigenvalue weighted by molar-refractivity contribution is 0.234. The third kappa shape index (κ3) is 2.69. The molecule has 0 aliphatic carbocycles. The van der Waals surface area contributed by atoms with Crippen LogP contribution in [0.3, 0.4) is 0 Å². The van der Waals surface area contributed by atoms with Gasteiger partial charge in [-0.05, 0) is 24.6 Å². The Hall–Kier alpha value is -1.26. The number of para-hydroxylation sites is 1. The number of ether oxygens (including phenoxy) is 1. The SMILES string of the molecule is COc1cccc2c1NCC2CCN1CCNCC1. The molecule has 4 nitrogen and oxygen atoms in total. The Balaban J connectivity index is 1.62. The Labute approximate surface area is 115 Å². The lowest BCUT2D eigenvalue weighted by Gasteiger charge is -2.28. The summed E-state index contributed by atoms with van der Waals surface area (Å²) >= 11 is 0. The number of piperazine rings is 1. The van der Waals surface area contributed by atoms with Gasteiger partial charge in [0.2, 0.25) is 0 Å². The average molecular weight is 261 g/mol. The van der Waals surface area contributed by atoms with Crippen molar-refractivity contribution in [3.63, 3.8) is 0 Å². The summed E-state index contributed by atoms with van der Waals surface area (Å²) < 4.78 is 5.42. The zero-order chi connectivity index (χ0) is 13.1. The number of benzene rings is 1. The van der Waals surface area contributed by atoms with Crippen LogP contribution in [-0.2, 0) is 0 Å². The largest absolute Gasteiger partial charge is 0.495 e. The van der Waals surface area contributed by atoms with Gasteiger partial charge in [0.1, 0.15) is 5.75 Å². The van der Waals surface area contributed by atoms with Crippen LogP contribution in [0, 0.1) is 0 Å². The van der Waals surface area contributed by atoms with E-state index >= 15 is 0 Å². The van der Waals surface area contributed by atoms with E-state index in [1.165, 1.54) is 37.3 Å². The lowest BCUT2D eigenvalue weighted by Crippen LogP contribution is -2.44. The minimum absolute atomic E-state index is 0.625. The number of nitrogens with zero attached hydrogens (tertiary/aromatic N) is 1. The van der Waals surface area contributed by atoms with Gasteiger partial charge >= 0.3 is 0 Å². The summed E-state index contributed by atoms with van der Waals surface area (Å²) in [7, 11) is 1.74. The fourth-order valence-electron chi connectivity index (χ4n) is 3.11. The monoisotopic (exact) mass is 261 g/mol. The van der Waals surface area contributed by atoms with E-state index in [-0.39, 0.29) is 0 Å². The predicted molar refractivity (Wildman–Crippen MR) is 78.2 cm³/mol. The maximum Gasteiger partial charge on any atom is 0.142 e. The first kappa shape index (κ1) is 12.8. The Kier molecular flexibility index (Phi) is 3.89. The summed E-state index contributed by atoms with van der Waals surface area (Å²) in [4.78, 5) is 2.56. The first-order chi connectivity index (χ1) is 9.38. The van der Waals surface area contributed by atoms with Crippen molar-refractivity contribution in [3.8, 4) is 5.75 Å². The molecule has 0 aromatic heterocycles. The highest BCUT2D eigenvalue weighted by atomic mass is 16.5. The molecule has 1 atom stereocenters. The highest BCUT2D eigenvalue weighted by Gasteiger charge is 2.25. The molecule has 0 radical (unpaired) electrons. The Morgan fingerprint density at radius 2 is 2.16 bits per heavy atom. The number of anilines is 1. The van der Waals surface area contributed by atoms with Gasteiger partial charge in [0.15, 0.2) is 0 Å². The van der Waals surface area contributed by atoms with E-state index in [2.05, 4.69) is 27.7 Å². The zero-order valence-corrected chi connectivity index (χ0v) is 11.6. The van der Waals surface area contributed by atoms with E-state index in [9.17, 15) is 0 Å².